The van der Waals surface area contributed by atoms with E-state index >= 15 is 0 Å². The molecule has 0 saturated carbocycles. The summed E-state index contributed by atoms with van der Waals surface area (Å²) in [6.07, 6.45) is 1.76. The highest BCUT2D eigenvalue weighted by Gasteiger charge is 2.23. The van der Waals surface area contributed by atoms with E-state index in [1.807, 2.05) is 26.8 Å². The van der Waals surface area contributed by atoms with Gasteiger partial charge in [0.1, 0.15) is 11.2 Å². The van der Waals surface area contributed by atoms with Gasteiger partial charge >= 0.3 is 11.6 Å². The van der Waals surface area contributed by atoms with Crippen LogP contribution in [0.5, 0.6) is 0 Å². The third-order valence-corrected chi connectivity index (χ3v) is 5.82. The summed E-state index contributed by atoms with van der Waals surface area (Å²) in [7, 11) is 0. The topological polar surface area (TPSA) is 110 Å². The second-order valence-corrected chi connectivity index (χ2v) is 7.92. The minimum absolute atomic E-state index is 0.0420. The van der Waals surface area contributed by atoms with Crippen LogP contribution in [-0.4, -0.2) is 17.0 Å². The van der Waals surface area contributed by atoms with Crippen molar-refractivity contribution in [3.63, 3.8) is 0 Å². The fourth-order valence-corrected chi connectivity index (χ4v) is 4.01. The summed E-state index contributed by atoms with van der Waals surface area (Å²) in [6.45, 7) is 5.62. The maximum atomic E-state index is 12.7. The first kappa shape index (κ1) is 21.4. The van der Waals surface area contributed by atoms with E-state index in [0.29, 0.717) is 22.3 Å². The van der Waals surface area contributed by atoms with Crippen LogP contribution in [0.15, 0.2) is 56.3 Å². The first-order chi connectivity index (χ1) is 15.3. The monoisotopic (exact) mass is 433 g/mol. The Morgan fingerprint density at radius 1 is 1.03 bits per heavy atom. The molecule has 2 aromatic carbocycles. The molecule has 0 bridgehead atoms. The van der Waals surface area contributed by atoms with E-state index < -0.39 is 23.5 Å². The molecule has 32 heavy (non-hydrogen) atoms. The molecule has 4 aromatic rings. The van der Waals surface area contributed by atoms with Gasteiger partial charge in [-0.3, -0.25) is 4.79 Å². The lowest BCUT2D eigenvalue weighted by molar-refractivity contribution is -0.142. The van der Waals surface area contributed by atoms with Gasteiger partial charge in [0.2, 0.25) is 5.91 Å². The molecule has 0 aliphatic rings. The minimum Gasteiger partial charge on any atom is -0.479 e. The van der Waals surface area contributed by atoms with E-state index in [9.17, 15) is 19.5 Å². The third-order valence-electron chi connectivity index (χ3n) is 5.82. The van der Waals surface area contributed by atoms with E-state index in [0.717, 1.165) is 27.5 Å². The van der Waals surface area contributed by atoms with Gasteiger partial charge in [-0.25, -0.2) is 9.59 Å². The molecule has 0 spiro atoms. The normalized spacial score (nSPS) is 12.2. The van der Waals surface area contributed by atoms with Crippen LogP contribution >= 0.6 is 0 Å². The molecule has 164 valence electrons. The highest BCUT2D eigenvalue weighted by molar-refractivity contribution is 5.99. The fourth-order valence-electron chi connectivity index (χ4n) is 4.01. The van der Waals surface area contributed by atoms with Gasteiger partial charge in [0.05, 0.1) is 6.26 Å². The molecule has 0 radical (unpaired) electrons. The summed E-state index contributed by atoms with van der Waals surface area (Å²) >= 11 is 0. The zero-order valence-corrected chi connectivity index (χ0v) is 18.0. The zero-order valence-electron chi connectivity index (χ0n) is 18.0. The van der Waals surface area contributed by atoms with Gasteiger partial charge in [-0.05, 0) is 49.9 Å². The van der Waals surface area contributed by atoms with Crippen LogP contribution in [0.1, 0.15) is 40.3 Å². The molecule has 2 heterocycles. The zero-order chi connectivity index (χ0) is 23.0. The summed E-state index contributed by atoms with van der Waals surface area (Å²) in [5.74, 6) is -1.61. The fraction of sp³-hybridized carbons (Fsp3) is 0.240. The molecule has 1 amide bonds. The van der Waals surface area contributed by atoms with Crippen LogP contribution in [0.4, 0.5) is 0 Å². The molecule has 0 aliphatic carbocycles. The SMILES string of the molecule is Cc1coc2c(C)c3oc(=O)c(CCC(=O)N[C@H](C(=O)O)c4ccccc4)c(C)c3cc12. The Morgan fingerprint density at radius 2 is 1.75 bits per heavy atom. The molecular formula is C25H23NO6. The Kier molecular flexibility index (Phi) is 5.57. The number of aliphatic carboxylic acids is 1. The number of hydrogen-bond acceptors (Lipinski definition) is 5. The van der Waals surface area contributed by atoms with Crippen molar-refractivity contribution in [1.82, 2.24) is 5.32 Å². The molecule has 1 atom stereocenters. The van der Waals surface area contributed by atoms with Crippen molar-refractivity contribution in [2.45, 2.75) is 39.7 Å². The van der Waals surface area contributed by atoms with Gasteiger partial charge in [-0.15, -0.1) is 0 Å². The number of rotatable bonds is 6. The van der Waals surface area contributed by atoms with Gasteiger partial charge in [-0.1, -0.05) is 30.3 Å². The maximum absolute atomic E-state index is 12.7. The first-order valence-corrected chi connectivity index (χ1v) is 10.3. The number of aryl methyl sites for hydroxylation is 3. The van der Waals surface area contributed by atoms with E-state index in [2.05, 4.69) is 5.32 Å². The molecule has 0 saturated heterocycles. The Labute approximate surface area is 183 Å². The van der Waals surface area contributed by atoms with E-state index in [1.165, 1.54) is 0 Å². The van der Waals surface area contributed by atoms with Gasteiger partial charge in [0.15, 0.2) is 6.04 Å². The number of carbonyl (C=O) groups is 2. The number of carbonyl (C=O) groups excluding carboxylic acids is 1. The average molecular weight is 433 g/mol. The van der Waals surface area contributed by atoms with Crippen molar-refractivity contribution in [1.29, 1.82) is 0 Å². The number of nitrogens with one attached hydrogen (secondary N) is 1. The van der Waals surface area contributed by atoms with Crippen molar-refractivity contribution in [3.05, 3.63) is 80.9 Å². The minimum atomic E-state index is -1.15. The van der Waals surface area contributed by atoms with Crippen molar-refractivity contribution < 1.29 is 23.5 Å². The smallest absolute Gasteiger partial charge is 0.339 e. The lowest BCUT2D eigenvalue weighted by atomic mass is 9.98. The van der Waals surface area contributed by atoms with Crippen molar-refractivity contribution in [2.75, 3.05) is 0 Å². The highest BCUT2D eigenvalue weighted by Crippen LogP contribution is 2.32. The molecule has 7 nitrogen and oxygen atoms in total. The van der Waals surface area contributed by atoms with E-state index in [-0.39, 0.29) is 12.8 Å². The van der Waals surface area contributed by atoms with Crippen molar-refractivity contribution >= 4 is 33.8 Å². The summed E-state index contributed by atoms with van der Waals surface area (Å²) in [4.78, 5) is 36.8. The van der Waals surface area contributed by atoms with Gasteiger partial charge in [0, 0.05) is 28.3 Å². The molecule has 2 N–H and O–H groups in total. The summed E-state index contributed by atoms with van der Waals surface area (Å²) in [6, 6.07) is 9.26. The maximum Gasteiger partial charge on any atom is 0.339 e. The lowest BCUT2D eigenvalue weighted by Gasteiger charge is -2.15. The average Bonchev–Trinajstić information content (AvgIpc) is 3.14. The largest absolute Gasteiger partial charge is 0.479 e. The molecule has 0 unspecified atom stereocenters. The molecular weight excluding hydrogens is 410 g/mol. The lowest BCUT2D eigenvalue weighted by Crippen LogP contribution is -2.34. The Morgan fingerprint density at radius 3 is 2.44 bits per heavy atom. The van der Waals surface area contributed by atoms with Crippen LogP contribution < -0.4 is 10.9 Å². The number of carboxylic acid groups (broad SMARTS) is 1. The van der Waals surface area contributed by atoms with E-state index in [4.69, 9.17) is 8.83 Å². The Bertz CT molecular complexity index is 1400. The van der Waals surface area contributed by atoms with Crippen LogP contribution in [0.25, 0.3) is 21.9 Å². The third kappa shape index (κ3) is 3.77. The number of carboxylic acids is 1. The molecule has 2 aromatic heterocycles. The number of benzene rings is 2. The highest BCUT2D eigenvalue weighted by atomic mass is 16.4. The molecule has 0 fully saturated rings. The second kappa shape index (κ2) is 8.34. The van der Waals surface area contributed by atoms with Crippen LogP contribution in [0.2, 0.25) is 0 Å². The van der Waals surface area contributed by atoms with Gasteiger partial charge < -0.3 is 19.3 Å². The summed E-state index contributed by atoms with van der Waals surface area (Å²) in [5.41, 5.74) is 4.00. The van der Waals surface area contributed by atoms with Gasteiger partial charge in [0.25, 0.3) is 0 Å². The van der Waals surface area contributed by atoms with Crippen molar-refractivity contribution in [2.24, 2.45) is 0 Å². The summed E-state index contributed by atoms with van der Waals surface area (Å²) < 4.78 is 11.2. The predicted octanol–water partition coefficient (Wildman–Crippen LogP) is 4.34. The first-order valence-electron chi connectivity index (χ1n) is 10.3. The number of fused-ring (bicyclic) bond motifs is 2. The van der Waals surface area contributed by atoms with Crippen LogP contribution in [0.3, 0.4) is 0 Å². The summed E-state index contributed by atoms with van der Waals surface area (Å²) in [5, 5.41) is 13.8. The molecule has 0 aliphatic heterocycles. The van der Waals surface area contributed by atoms with Gasteiger partial charge in [-0.2, -0.15) is 0 Å². The quantitative estimate of drug-likeness (QED) is 0.438. The molecule has 7 heteroatoms. The number of amides is 1. The Hall–Kier alpha value is -3.87. The predicted molar refractivity (Wildman–Crippen MR) is 120 cm³/mol. The van der Waals surface area contributed by atoms with Crippen LogP contribution in [-0.2, 0) is 16.0 Å². The second-order valence-electron chi connectivity index (χ2n) is 7.92. The standard InChI is InChI=1S/C25H23NO6/c1-13-12-31-22-15(3)23-19(11-18(13)22)14(2)17(25(30)32-23)9-10-20(27)26-21(24(28)29)16-7-5-4-6-8-16/h4-8,11-12,21H,9-10H2,1-3H3,(H,26,27)(H,28,29)/t21-/m0/s1. The number of furan rings is 1. The van der Waals surface area contributed by atoms with Crippen molar-refractivity contribution in [3.8, 4) is 0 Å². The van der Waals surface area contributed by atoms with Crippen LogP contribution in [0, 0.1) is 20.8 Å². The van der Waals surface area contributed by atoms with E-state index in [1.54, 1.807) is 36.6 Å². The Balaban J connectivity index is 1.61. The molecule has 4 rings (SSSR count). The number of hydrogen-bond donors (Lipinski definition) is 2.